The third-order valence-electron chi connectivity index (χ3n) is 4.37. The van der Waals surface area contributed by atoms with Crippen molar-refractivity contribution in [1.82, 2.24) is 4.90 Å². The van der Waals surface area contributed by atoms with Crippen molar-refractivity contribution < 1.29 is 0 Å². The Kier molecular flexibility index (Phi) is 5.94. The molecule has 1 aliphatic rings. The molecule has 0 aliphatic heterocycles. The van der Waals surface area contributed by atoms with Crippen LogP contribution in [0.2, 0.25) is 0 Å². The lowest BCUT2D eigenvalue weighted by Gasteiger charge is -2.38. The van der Waals surface area contributed by atoms with Gasteiger partial charge >= 0.3 is 0 Å². The molecule has 0 amide bonds. The highest BCUT2D eigenvalue weighted by Gasteiger charge is 2.29. The molecule has 1 saturated carbocycles. The van der Waals surface area contributed by atoms with Gasteiger partial charge in [0.1, 0.15) is 0 Å². The molecule has 1 aliphatic carbocycles. The van der Waals surface area contributed by atoms with E-state index in [-0.39, 0.29) is 0 Å². The smallest absolute Gasteiger partial charge is 0.00956 e. The highest BCUT2D eigenvalue weighted by atomic mass is 15.2. The normalized spacial score (nSPS) is 21.4. The van der Waals surface area contributed by atoms with Crippen LogP contribution >= 0.6 is 0 Å². The Hall–Kier alpha value is -0.0800. The number of nitrogens with two attached hydrogens (primary N) is 1. The summed E-state index contributed by atoms with van der Waals surface area (Å²) < 4.78 is 0. The van der Waals surface area contributed by atoms with E-state index in [2.05, 4.69) is 32.6 Å². The molecule has 1 atom stereocenters. The van der Waals surface area contributed by atoms with Crippen molar-refractivity contribution in [3.63, 3.8) is 0 Å². The number of nitrogens with zero attached hydrogens (tertiary/aromatic N) is 1. The van der Waals surface area contributed by atoms with Gasteiger partial charge in [0.15, 0.2) is 0 Å². The van der Waals surface area contributed by atoms with Crippen molar-refractivity contribution in [1.29, 1.82) is 0 Å². The van der Waals surface area contributed by atoms with E-state index in [4.69, 9.17) is 5.73 Å². The predicted molar refractivity (Wildman–Crippen MR) is 76.1 cm³/mol. The minimum atomic E-state index is 0.303. The van der Waals surface area contributed by atoms with Gasteiger partial charge in [0.2, 0.25) is 0 Å². The zero-order valence-electron chi connectivity index (χ0n) is 12.3. The average Bonchev–Trinajstić information content (AvgIpc) is 2.81. The van der Waals surface area contributed by atoms with Gasteiger partial charge in [-0.15, -0.1) is 0 Å². The molecule has 0 saturated heterocycles. The Labute approximate surface area is 108 Å². The minimum absolute atomic E-state index is 0.303. The highest BCUT2D eigenvalue weighted by molar-refractivity contribution is 4.84. The third-order valence-corrected chi connectivity index (χ3v) is 4.37. The van der Waals surface area contributed by atoms with Crippen LogP contribution in [0.1, 0.15) is 59.8 Å². The Bertz CT molecular complexity index is 203. The molecule has 0 bridgehead atoms. The molecule has 1 rings (SSSR count). The second-order valence-electron chi connectivity index (χ2n) is 6.63. The van der Waals surface area contributed by atoms with Crippen LogP contribution < -0.4 is 5.73 Å². The second-order valence-corrected chi connectivity index (χ2v) is 6.63. The van der Waals surface area contributed by atoms with Gasteiger partial charge in [-0.25, -0.2) is 0 Å². The van der Waals surface area contributed by atoms with Gasteiger partial charge in [-0.05, 0) is 37.1 Å². The van der Waals surface area contributed by atoms with E-state index in [9.17, 15) is 0 Å². The van der Waals surface area contributed by atoms with Crippen molar-refractivity contribution in [2.75, 3.05) is 19.6 Å². The lowest BCUT2D eigenvalue weighted by atomic mass is 9.86. The van der Waals surface area contributed by atoms with Gasteiger partial charge in [0.05, 0.1) is 0 Å². The van der Waals surface area contributed by atoms with Gasteiger partial charge in [0.25, 0.3) is 0 Å². The molecule has 0 radical (unpaired) electrons. The summed E-state index contributed by atoms with van der Waals surface area (Å²) in [5.41, 5.74) is 6.27. The molecule has 0 aromatic rings. The van der Waals surface area contributed by atoms with E-state index >= 15 is 0 Å². The first kappa shape index (κ1) is 15.0. The van der Waals surface area contributed by atoms with Gasteiger partial charge in [-0.2, -0.15) is 0 Å². The molecule has 2 heteroatoms. The molecule has 1 unspecified atom stereocenters. The van der Waals surface area contributed by atoms with Crippen LogP contribution in [0.5, 0.6) is 0 Å². The Morgan fingerprint density at radius 3 is 2.29 bits per heavy atom. The Morgan fingerprint density at radius 1 is 1.29 bits per heavy atom. The van der Waals surface area contributed by atoms with Crippen LogP contribution in [0.15, 0.2) is 0 Å². The summed E-state index contributed by atoms with van der Waals surface area (Å²) in [4.78, 5) is 2.73. The third kappa shape index (κ3) is 4.59. The molecular formula is C15H32N2. The zero-order valence-corrected chi connectivity index (χ0v) is 12.3. The largest absolute Gasteiger partial charge is 0.330 e. The summed E-state index contributed by atoms with van der Waals surface area (Å²) in [5, 5.41) is 0. The van der Waals surface area contributed by atoms with Gasteiger partial charge in [0, 0.05) is 19.1 Å². The van der Waals surface area contributed by atoms with E-state index in [0.29, 0.717) is 5.41 Å². The Balaban J connectivity index is 2.61. The first-order valence-electron chi connectivity index (χ1n) is 7.45. The molecule has 0 heterocycles. The van der Waals surface area contributed by atoms with Gasteiger partial charge < -0.3 is 5.73 Å². The molecular weight excluding hydrogens is 208 g/mol. The second kappa shape index (κ2) is 6.75. The van der Waals surface area contributed by atoms with Crippen LogP contribution in [0, 0.1) is 11.3 Å². The van der Waals surface area contributed by atoms with Gasteiger partial charge in [-0.3, -0.25) is 4.90 Å². The van der Waals surface area contributed by atoms with Crippen LogP contribution in [0.4, 0.5) is 0 Å². The van der Waals surface area contributed by atoms with E-state index in [1.165, 1.54) is 45.2 Å². The van der Waals surface area contributed by atoms with Crippen molar-refractivity contribution in [3.05, 3.63) is 0 Å². The van der Waals surface area contributed by atoms with Crippen LogP contribution in [0.3, 0.4) is 0 Å². The first-order chi connectivity index (χ1) is 8.00. The summed E-state index contributed by atoms with van der Waals surface area (Å²) in [5.74, 6) is 0.759. The molecule has 2 nitrogen and oxygen atoms in total. The van der Waals surface area contributed by atoms with Crippen molar-refractivity contribution in [2.45, 2.75) is 65.8 Å². The maximum atomic E-state index is 5.97. The van der Waals surface area contributed by atoms with Crippen LogP contribution in [-0.4, -0.2) is 30.6 Å². The molecule has 17 heavy (non-hydrogen) atoms. The quantitative estimate of drug-likeness (QED) is 0.740. The predicted octanol–water partition coefficient (Wildman–Crippen LogP) is 3.26. The van der Waals surface area contributed by atoms with Gasteiger partial charge in [-0.1, -0.05) is 40.5 Å². The zero-order chi connectivity index (χ0) is 12.9. The lowest BCUT2D eigenvalue weighted by molar-refractivity contribution is 0.108. The fourth-order valence-electron chi connectivity index (χ4n) is 2.89. The monoisotopic (exact) mass is 240 g/mol. The molecule has 0 spiro atoms. The summed E-state index contributed by atoms with van der Waals surface area (Å²) in [6.45, 7) is 12.5. The average molecular weight is 240 g/mol. The summed E-state index contributed by atoms with van der Waals surface area (Å²) >= 11 is 0. The molecule has 102 valence electrons. The Morgan fingerprint density at radius 2 is 1.88 bits per heavy atom. The minimum Gasteiger partial charge on any atom is -0.330 e. The first-order valence-corrected chi connectivity index (χ1v) is 7.45. The standard InChI is InChI=1S/C15H32N2/c1-5-15(4,11-16)12-17(10-13(2)3)14-8-6-7-9-14/h13-14H,5-12,16H2,1-4H3. The molecule has 1 fully saturated rings. The number of rotatable bonds is 7. The van der Waals surface area contributed by atoms with Crippen molar-refractivity contribution >= 4 is 0 Å². The van der Waals surface area contributed by atoms with Crippen molar-refractivity contribution in [3.8, 4) is 0 Å². The van der Waals surface area contributed by atoms with E-state index < -0.39 is 0 Å². The topological polar surface area (TPSA) is 29.3 Å². The highest BCUT2D eigenvalue weighted by Crippen LogP contribution is 2.29. The number of hydrogen-bond acceptors (Lipinski definition) is 2. The fourth-order valence-corrected chi connectivity index (χ4v) is 2.89. The van der Waals surface area contributed by atoms with E-state index in [1.807, 2.05) is 0 Å². The molecule has 2 N–H and O–H groups in total. The summed E-state index contributed by atoms with van der Waals surface area (Å²) in [6, 6.07) is 0.829. The van der Waals surface area contributed by atoms with Crippen LogP contribution in [-0.2, 0) is 0 Å². The number of hydrogen-bond donors (Lipinski definition) is 1. The fraction of sp³-hybridized carbons (Fsp3) is 1.00. The van der Waals surface area contributed by atoms with Crippen molar-refractivity contribution in [2.24, 2.45) is 17.1 Å². The maximum absolute atomic E-state index is 5.97. The van der Waals surface area contributed by atoms with E-state index in [1.54, 1.807) is 0 Å². The molecule has 0 aromatic heterocycles. The lowest BCUT2D eigenvalue weighted by Crippen LogP contribution is -2.45. The van der Waals surface area contributed by atoms with E-state index in [0.717, 1.165) is 18.5 Å². The summed E-state index contributed by atoms with van der Waals surface area (Å²) in [6.07, 6.45) is 6.83. The molecule has 0 aromatic carbocycles. The summed E-state index contributed by atoms with van der Waals surface area (Å²) in [7, 11) is 0. The maximum Gasteiger partial charge on any atom is 0.00956 e. The van der Waals surface area contributed by atoms with Crippen LogP contribution in [0.25, 0.3) is 0 Å². The SMILES string of the molecule is CCC(C)(CN)CN(CC(C)C)C1CCCC1.